The van der Waals surface area contributed by atoms with Crippen molar-refractivity contribution in [2.75, 3.05) is 0 Å². The lowest BCUT2D eigenvalue weighted by atomic mass is 10.2. The summed E-state index contributed by atoms with van der Waals surface area (Å²) in [6, 6.07) is 18.0. The SMILES string of the molecule is O=C(O)/C(=C/c1ccc(-c2cccc(Br)c2)o1)Sc1nnc(-c2ccc(Cl)cc2)o1. The molecule has 2 heterocycles. The second-order valence-corrected chi connectivity index (χ2v) is 8.35. The van der Waals surface area contributed by atoms with Crippen LogP contribution in [0.15, 0.2) is 84.1 Å². The molecule has 0 radical (unpaired) electrons. The zero-order valence-corrected chi connectivity index (χ0v) is 18.2. The Morgan fingerprint density at radius 3 is 2.57 bits per heavy atom. The summed E-state index contributed by atoms with van der Waals surface area (Å²) in [4.78, 5) is 11.7. The van der Waals surface area contributed by atoms with Gasteiger partial charge in [-0.1, -0.05) is 39.7 Å². The standard InChI is InChI=1S/C21H12BrClN2O4S/c22-14-3-1-2-13(10-14)17-9-8-16(28-17)11-18(20(26)27)30-21-25-24-19(29-21)12-4-6-15(23)7-5-12/h1-11H,(H,26,27)/b18-11-. The maximum absolute atomic E-state index is 11.7. The van der Waals surface area contributed by atoms with E-state index in [0.717, 1.165) is 21.8 Å². The molecule has 2 aromatic carbocycles. The van der Waals surface area contributed by atoms with Crippen molar-refractivity contribution in [3.63, 3.8) is 0 Å². The third-order valence-corrected chi connectivity index (χ3v) is 5.51. The van der Waals surface area contributed by atoms with Crippen molar-refractivity contribution in [2.45, 2.75) is 5.22 Å². The van der Waals surface area contributed by atoms with Gasteiger partial charge in [-0.05, 0) is 60.3 Å². The number of nitrogens with zero attached hydrogens (tertiary/aromatic N) is 2. The largest absolute Gasteiger partial charge is 0.477 e. The molecule has 0 aliphatic rings. The molecule has 4 aromatic rings. The fourth-order valence-corrected chi connectivity index (χ4v) is 3.72. The minimum absolute atomic E-state index is 0.0172. The lowest BCUT2D eigenvalue weighted by Crippen LogP contribution is -1.96. The molecule has 0 bridgehead atoms. The predicted molar refractivity (Wildman–Crippen MR) is 118 cm³/mol. The molecule has 30 heavy (non-hydrogen) atoms. The van der Waals surface area contributed by atoms with Gasteiger partial charge in [0, 0.05) is 26.7 Å². The van der Waals surface area contributed by atoms with Gasteiger partial charge in [-0.2, -0.15) is 0 Å². The summed E-state index contributed by atoms with van der Waals surface area (Å²) >= 11 is 10.1. The van der Waals surface area contributed by atoms with Crippen LogP contribution in [-0.4, -0.2) is 21.3 Å². The maximum Gasteiger partial charge on any atom is 0.342 e. The average Bonchev–Trinajstić information content (AvgIpc) is 3.38. The molecule has 0 aliphatic carbocycles. The molecule has 6 nitrogen and oxygen atoms in total. The van der Waals surface area contributed by atoms with Crippen LogP contribution < -0.4 is 0 Å². The van der Waals surface area contributed by atoms with E-state index in [2.05, 4.69) is 26.1 Å². The van der Waals surface area contributed by atoms with Gasteiger partial charge >= 0.3 is 5.97 Å². The Morgan fingerprint density at radius 1 is 1.03 bits per heavy atom. The monoisotopic (exact) mass is 502 g/mol. The highest BCUT2D eigenvalue weighted by atomic mass is 79.9. The molecule has 1 N–H and O–H groups in total. The number of hydrogen-bond donors (Lipinski definition) is 1. The number of aliphatic carboxylic acids is 1. The van der Waals surface area contributed by atoms with Crippen molar-refractivity contribution in [1.29, 1.82) is 0 Å². The highest BCUT2D eigenvalue weighted by Crippen LogP contribution is 2.32. The Hall–Kier alpha value is -2.81. The molecule has 0 saturated heterocycles. The summed E-state index contributed by atoms with van der Waals surface area (Å²) < 4.78 is 12.3. The fraction of sp³-hybridized carbons (Fsp3) is 0. The summed E-state index contributed by atoms with van der Waals surface area (Å²) in [6.45, 7) is 0. The Labute approximate surface area is 188 Å². The molecule has 0 amide bonds. The summed E-state index contributed by atoms with van der Waals surface area (Å²) in [7, 11) is 0. The zero-order valence-electron chi connectivity index (χ0n) is 15.1. The van der Waals surface area contributed by atoms with Gasteiger partial charge in [0.25, 0.3) is 5.22 Å². The second kappa shape index (κ2) is 8.91. The van der Waals surface area contributed by atoms with Gasteiger partial charge in [0.2, 0.25) is 5.89 Å². The number of furan rings is 1. The summed E-state index contributed by atoms with van der Waals surface area (Å²) in [6.07, 6.45) is 1.42. The molecule has 0 aliphatic heterocycles. The fourth-order valence-electron chi connectivity index (χ4n) is 2.55. The van der Waals surface area contributed by atoms with Gasteiger partial charge in [-0.3, -0.25) is 0 Å². The summed E-state index contributed by atoms with van der Waals surface area (Å²) in [5.74, 6) is 0.160. The highest BCUT2D eigenvalue weighted by Gasteiger charge is 2.17. The van der Waals surface area contributed by atoms with Gasteiger partial charge in [-0.25, -0.2) is 4.79 Å². The van der Waals surface area contributed by atoms with E-state index < -0.39 is 5.97 Å². The Balaban J connectivity index is 1.56. The van der Waals surface area contributed by atoms with Crippen LogP contribution in [0.3, 0.4) is 0 Å². The van der Waals surface area contributed by atoms with Crippen LogP contribution in [0, 0.1) is 0 Å². The third-order valence-electron chi connectivity index (χ3n) is 3.91. The van der Waals surface area contributed by atoms with Crippen molar-refractivity contribution in [3.05, 3.63) is 80.8 Å². The Kier molecular flexibility index (Phi) is 6.08. The van der Waals surface area contributed by atoms with Crippen molar-refractivity contribution >= 4 is 51.3 Å². The van der Waals surface area contributed by atoms with E-state index in [4.69, 9.17) is 20.4 Å². The van der Waals surface area contributed by atoms with E-state index in [1.807, 2.05) is 24.3 Å². The zero-order chi connectivity index (χ0) is 21.1. The molecule has 150 valence electrons. The minimum Gasteiger partial charge on any atom is -0.477 e. The van der Waals surface area contributed by atoms with Gasteiger partial charge in [-0.15, -0.1) is 10.2 Å². The average molecular weight is 504 g/mol. The first-order valence-electron chi connectivity index (χ1n) is 8.56. The number of carboxylic acids is 1. The van der Waals surface area contributed by atoms with Gasteiger partial charge < -0.3 is 13.9 Å². The number of aromatic nitrogens is 2. The van der Waals surface area contributed by atoms with Gasteiger partial charge in [0.05, 0.1) is 0 Å². The molecule has 9 heteroatoms. The number of hydrogen-bond acceptors (Lipinski definition) is 6. The van der Waals surface area contributed by atoms with Crippen LogP contribution in [0.5, 0.6) is 0 Å². The van der Waals surface area contributed by atoms with Gasteiger partial charge in [0.15, 0.2) is 0 Å². The molecule has 0 saturated carbocycles. The first-order chi connectivity index (χ1) is 14.5. The Morgan fingerprint density at radius 2 is 1.83 bits per heavy atom. The van der Waals surface area contributed by atoms with Crippen LogP contribution in [0.1, 0.15) is 5.76 Å². The first kappa shape index (κ1) is 20.5. The van der Waals surface area contributed by atoms with E-state index in [-0.39, 0.29) is 16.0 Å². The normalized spacial score (nSPS) is 11.6. The number of carboxylic acid groups (broad SMARTS) is 1. The third kappa shape index (κ3) is 4.84. The van der Waals surface area contributed by atoms with Crippen LogP contribution in [0.4, 0.5) is 0 Å². The molecule has 0 spiro atoms. The van der Waals surface area contributed by atoms with Crippen molar-refractivity contribution in [2.24, 2.45) is 0 Å². The molecular formula is C21H12BrClN2O4S. The lowest BCUT2D eigenvalue weighted by molar-refractivity contribution is -0.131. The molecule has 0 atom stereocenters. The van der Waals surface area contributed by atoms with Crippen molar-refractivity contribution in [1.82, 2.24) is 10.2 Å². The van der Waals surface area contributed by atoms with E-state index >= 15 is 0 Å². The number of benzene rings is 2. The Bertz CT molecular complexity index is 1230. The predicted octanol–water partition coefficient (Wildman–Crippen LogP) is 6.63. The minimum atomic E-state index is -1.13. The second-order valence-electron chi connectivity index (χ2n) is 6.01. The molecular weight excluding hydrogens is 492 g/mol. The molecule has 4 rings (SSSR count). The quantitative estimate of drug-likeness (QED) is 0.233. The topological polar surface area (TPSA) is 89.4 Å². The van der Waals surface area contributed by atoms with Crippen molar-refractivity contribution < 1.29 is 18.7 Å². The molecule has 0 fully saturated rings. The van der Waals surface area contributed by atoms with Crippen LogP contribution >= 0.6 is 39.3 Å². The number of rotatable bonds is 6. The highest BCUT2D eigenvalue weighted by molar-refractivity contribution is 9.10. The van der Waals surface area contributed by atoms with Crippen LogP contribution in [-0.2, 0) is 4.79 Å². The lowest BCUT2D eigenvalue weighted by Gasteiger charge is -1.99. The van der Waals surface area contributed by atoms with E-state index in [0.29, 0.717) is 22.1 Å². The van der Waals surface area contributed by atoms with E-state index in [1.165, 1.54) is 6.08 Å². The molecule has 2 aromatic heterocycles. The van der Waals surface area contributed by atoms with Crippen LogP contribution in [0.2, 0.25) is 5.02 Å². The van der Waals surface area contributed by atoms with Crippen molar-refractivity contribution in [3.8, 4) is 22.8 Å². The van der Waals surface area contributed by atoms with Crippen LogP contribution in [0.25, 0.3) is 28.9 Å². The first-order valence-corrected chi connectivity index (χ1v) is 10.5. The maximum atomic E-state index is 11.7. The summed E-state index contributed by atoms with van der Waals surface area (Å²) in [5.41, 5.74) is 1.56. The number of halogens is 2. The van der Waals surface area contributed by atoms with Gasteiger partial charge in [0.1, 0.15) is 16.4 Å². The smallest absolute Gasteiger partial charge is 0.342 e. The number of thioether (sulfide) groups is 1. The van der Waals surface area contributed by atoms with E-state index in [1.54, 1.807) is 36.4 Å². The number of carbonyl (C=O) groups is 1. The summed E-state index contributed by atoms with van der Waals surface area (Å²) in [5, 5.41) is 18.1. The van der Waals surface area contributed by atoms with E-state index in [9.17, 15) is 9.90 Å². The molecule has 0 unspecified atom stereocenters.